The Balaban J connectivity index is 2.42. The van der Waals surface area contributed by atoms with Crippen molar-refractivity contribution >= 4 is 11.0 Å². The van der Waals surface area contributed by atoms with E-state index in [9.17, 15) is 10.1 Å². The molecule has 0 spiro atoms. The summed E-state index contributed by atoms with van der Waals surface area (Å²) in [5, 5.41) is 9.83. The molecule has 0 aliphatic rings. The maximum Gasteiger partial charge on any atom is 0.193 e. The molecule has 0 unspecified atom stereocenters. The number of fused-ring (bicyclic) bond motifs is 1. The van der Waals surface area contributed by atoms with Gasteiger partial charge in [-0.2, -0.15) is 5.26 Å². The summed E-state index contributed by atoms with van der Waals surface area (Å²) in [5.41, 5.74) is 3.25. The monoisotopic (exact) mass is 275 g/mol. The van der Waals surface area contributed by atoms with Crippen LogP contribution >= 0.6 is 0 Å². The van der Waals surface area contributed by atoms with Crippen molar-refractivity contribution in [3.63, 3.8) is 0 Å². The van der Waals surface area contributed by atoms with Crippen LogP contribution in [0.4, 0.5) is 0 Å². The van der Waals surface area contributed by atoms with Crippen LogP contribution in [0, 0.1) is 25.2 Å². The van der Waals surface area contributed by atoms with Crippen molar-refractivity contribution in [3.05, 3.63) is 69.4 Å². The molecule has 1 aromatic heterocycles. The van der Waals surface area contributed by atoms with Gasteiger partial charge in [0.2, 0.25) is 0 Å². The zero-order valence-electron chi connectivity index (χ0n) is 11.8. The summed E-state index contributed by atoms with van der Waals surface area (Å²) in [5.74, 6) is 0.479. The van der Waals surface area contributed by atoms with Crippen molar-refractivity contribution in [2.24, 2.45) is 0 Å². The minimum absolute atomic E-state index is 0.130. The third-order valence-electron chi connectivity index (χ3n) is 3.71. The van der Waals surface area contributed by atoms with Crippen molar-refractivity contribution in [1.82, 2.24) is 0 Å². The Morgan fingerprint density at radius 3 is 2.48 bits per heavy atom. The van der Waals surface area contributed by atoms with E-state index in [1.165, 1.54) is 6.07 Å². The van der Waals surface area contributed by atoms with Crippen LogP contribution < -0.4 is 5.43 Å². The minimum Gasteiger partial charge on any atom is -0.454 e. The zero-order valence-corrected chi connectivity index (χ0v) is 11.8. The third kappa shape index (κ3) is 2.11. The second kappa shape index (κ2) is 4.92. The van der Waals surface area contributed by atoms with E-state index in [0.29, 0.717) is 22.3 Å². The van der Waals surface area contributed by atoms with E-state index in [1.54, 1.807) is 6.07 Å². The average Bonchev–Trinajstić information content (AvgIpc) is 2.50. The molecule has 0 saturated heterocycles. The zero-order chi connectivity index (χ0) is 15.0. The van der Waals surface area contributed by atoms with Gasteiger partial charge >= 0.3 is 0 Å². The summed E-state index contributed by atoms with van der Waals surface area (Å²) in [7, 11) is 0. The summed E-state index contributed by atoms with van der Waals surface area (Å²) in [6.07, 6.45) is 0. The molecule has 2 aromatic carbocycles. The summed E-state index contributed by atoms with van der Waals surface area (Å²) in [4.78, 5) is 12.3. The van der Waals surface area contributed by atoms with Gasteiger partial charge in [-0.25, -0.2) is 0 Å². The van der Waals surface area contributed by atoms with Crippen LogP contribution in [0.2, 0.25) is 0 Å². The van der Waals surface area contributed by atoms with E-state index < -0.39 is 0 Å². The Bertz CT molecular complexity index is 931. The fraction of sp³-hybridized carbons (Fsp3) is 0.111. The maximum atomic E-state index is 12.3. The number of benzene rings is 2. The van der Waals surface area contributed by atoms with Crippen LogP contribution in [0.5, 0.6) is 0 Å². The first-order valence-corrected chi connectivity index (χ1v) is 6.65. The van der Waals surface area contributed by atoms with Crippen molar-refractivity contribution < 1.29 is 4.42 Å². The van der Waals surface area contributed by atoms with Gasteiger partial charge in [-0.1, -0.05) is 30.3 Å². The maximum absolute atomic E-state index is 12.3. The highest BCUT2D eigenvalue weighted by Crippen LogP contribution is 2.27. The molecule has 0 N–H and O–H groups in total. The molecule has 0 atom stereocenters. The second-order valence-corrected chi connectivity index (χ2v) is 5.02. The van der Waals surface area contributed by atoms with Crippen LogP contribution in [0.1, 0.15) is 16.7 Å². The number of nitrogens with zero attached hydrogens (tertiary/aromatic N) is 1. The normalized spacial score (nSPS) is 10.5. The van der Waals surface area contributed by atoms with E-state index in [-0.39, 0.29) is 5.43 Å². The molecule has 0 saturated carbocycles. The highest BCUT2D eigenvalue weighted by molar-refractivity contribution is 5.86. The van der Waals surface area contributed by atoms with Crippen molar-refractivity contribution in [2.45, 2.75) is 13.8 Å². The smallest absolute Gasteiger partial charge is 0.193 e. The van der Waals surface area contributed by atoms with Gasteiger partial charge in [-0.15, -0.1) is 0 Å². The van der Waals surface area contributed by atoms with Gasteiger partial charge in [-0.3, -0.25) is 4.79 Å². The predicted molar refractivity (Wildman–Crippen MR) is 82.1 cm³/mol. The van der Waals surface area contributed by atoms with Gasteiger partial charge in [0.1, 0.15) is 11.8 Å². The first kappa shape index (κ1) is 13.1. The molecule has 3 nitrogen and oxygen atoms in total. The van der Waals surface area contributed by atoms with Gasteiger partial charge in [0, 0.05) is 11.6 Å². The van der Waals surface area contributed by atoms with Crippen LogP contribution in [0.15, 0.2) is 51.7 Å². The minimum atomic E-state index is -0.130. The van der Waals surface area contributed by atoms with E-state index >= 15 is 0 Å². The second-order valence-electron chi connectivity index (χ2n) is 5.02. The standard InChI is InChI=1S/C18H13NO2/c1-11-8-14-16(20)9-17(13-6-4-3-5-7-13)21-18(14)15(10-19)12(11)2/h3-9H,1-2H3. The Morgan fingerprint density at radius 2 is 1.81 bits per heavy atom. The van der Waals surface area contributed by atoms with E-state index in [4.69, 9.17) is 4.42 Å². The van der Waals surface area contributed by atoms with E-state index in [0.717, 1.165) is 16.7 Å². The highest BCUT2D eigenvalue weighted by atomic mass is 16.3. The molecule has 0 aliphatic heterocycles. The summed E-state index contributed by atoms with van der Waals surface area (Å²) >= 11 is 0. The molecule has 21 heavy (non-hydrogen) atoms. The lowest BCUT2D eigenvalue weighted by atomic mass is 10.00. The lowest BCUT2D eigenvalue weighted by Gasteiger charge is -2.08. The van der Waals surface area contributed by atoms with Gasteiger partial charge in [0.15, 0.2) is 11.0 Å². The Kier molecular flexibility index (Phi) is 3.08. The molecule has 102 valence electrons. The first-order valence-electron chi connectivity index (χ1n) is 6.65. The van der Waals surface area contributed by atoms with Gasteiger partial charge < -0.3 is 4.42 Å². The fourth-order valence-corrected chi connectivity index (χ4v) is 2.40. The van der Waals surface area contributed by atoms with Crippen LogP contribution in [-0.4, -0.2) is 0 Å². The lowest BCUT2D eigenvalue weighted by molar-refractivity contribution is 0.617. The molecule has 0 fully saturated rings. The molecule has 3 rings (SSSR count). The molecule has 0 aliphatic carbocycles. The molecule has 0 amide bonds. The lowest BCUT2D eigenvalue weighted by Crippen LogP contribution is -2.03. The van der Waals surface area contributed by atoms with Gasteiger partial charge in [0.25, 0.3) is 0 Å². The van der Waals surface area contributed by atoms with Crippen LogP contribution in [0.25, 0.3) is 22.3 Å². The van der Waals surface area contributed by atoms with Crippen molar-refractivity contribution in [1.29, 1.82) is 5.26 Å². The Morgan fingerprint density at radius 1 is 1.10 bits per heavy atom. The molecular formula is C18H13NO2. The van der Waals surface area contributed by atoms with Crippen molar-refractivity contribution in [3.8, 4) is 17.4 Å². The Hall–Kier alpha value is -2.86. The average molecular weight is 275 g/mol. The molecule has 0 bridgehead atoms. The molecule has 1 heterocycles. The number of aryl methyl sites for hydroxylation is 1. The summed E-state index contributed by atoms with van der Waals surface area (Å²) < 4.78 is 5.86. The van der Waals surface area contributed by atoms with Gasteiger partial charge in [0.05, 0.1) is 10.9 Å². The topological polar surface area (TPSA) is 54.0 Å². The van der Waals surface area contributed by atoms with Gasteiger partial charge in [-0.05, 0) is 31.0 Å². The predicted octanol–water partition coefficient (Wildman–Crippen LogP) is 3.95. The molecule has 0 radical (unpaired) electrons. The fourth-order valence-electron chi connectivity index (χ4n) is 2.40. The largest absolute Gasteiger partial charge is 0.454 e. The SMILES string of the molecule is Cc1cc2c(=O)cc(-c3ccccc3)oc2c(C#N)c1C. The molecule has 3 aromatic rings. The first-order chi connectivity index (χ1) is 10.1. The number of nitriles is 1. The van der Waals surface area contributed by atoms with Crippen molar-refractivity contribution in [2.75, 3.05) is 0 Å². The Labute approximate surface area is 122 Å². The third-order valence-corrected chi connectivity index (χ3v) is 3.71. The summed E-state index contributed by atoms with van der Waals surface area (Å²) in [6, 6.07) is 14.8. The van der Waals surface area contributed by atoms with Crippen LogP contribution in [-0.2, 0) is 0 Å². The number of hydrogen-bond donors (Lipinski definition) is 0. The quantitative estimate of drug-likeness (QED) is 0.675. The van der Waals surface area contributed by atoms with Crippen LogP contribution in [0.3, 0.4) is 0 Å². The highest BCUT2D eigenvalue weighted by Gasteiger charge is 2.14. The number of rotatable bonds is 1. The van der Waals surface area contributed by atoms with E-state index in [1.807, 2.05) is 44.2 Å². The summed E-state index contributed by atoms with van der Waals surface area (Å²) in [6.45, 7) is 3.75. The van der Waals surface area contributed by atoms with E-state index in [2.05, 4.69) is 6.07 Å². The molecule has 3 heteroatoms. The molecular weight excluding hydrogens is 262 g/mol. The number of hydrogen-bond acceptors (Lipinski definition) is 3.